The lowest BCUT2D eigenvalue weighted by atomic mass is 9.84. The molecule has 0 spiro atoms. The molecule has 0 aliphatic carbocycles. The molecular weight excluding hydrogens is 513 g/mol. The third-order valence-corrected chi connectivity index (χ3v) is 14.5. The summed E-state index contributed by atoms with van der Waals surface area (Å²) in [4.78, 5) is 0. The SMILES string of the molecule is CSCc1c(O[Si](C)(C)C(C)(C)C)cc(C)c2c1CCC(C)(CCCC(C)CCCC(C)CCCC(C)C)O2. The summed E-state index contributed by atoms with van der Waals surface area (Å²) in [6.45, 7) is 25.9. The first kappa shape index (κ1) is 34.6. The van der Waals surface area contributed by atoms with Crippen molar-refractivity contribution in [3.05, 3.63) is 22.8 Å². The third-order valence-electron chi connectivity index (χ3n) is 9.63. The zero-order valence-corrected chi connectivity index (χ0v) is 29.8. The van der Waals surface area contributed by atoms with Crippen LogP contribution in [0.1, 0.15) is 136 Å². The van der Waals surface area contributed by atoms with Gasteiger partial charge < -0.3 is 9.16 Å². The van der Waals surface area contributed by atoms with Crippen molar-refractivity contribution in [2.75, 3.05) is 6.26 Å². The Balaban J connectivity index is 1.95. The summed E-state index contributed by atoms with van der Waals surface area (Å²) < 4.78 is 13.8. The van der Waals surface area contributed by atoms with Crippen LogP contribution < -0.4 is 9.16 Å². The monoisotopic (exact) mass is 576 g/mol. The lowest BCUT2D eigenvalue weighted by Gasteiger charge is -2.40. The molecule has 0 saturated heterocycles. The van der Waals surface area contributed by atoms with Crippen molar-refractivity contribution < 1.29 is 9.16 Å². The maximum Gasteiger partial charge on any atom is 0.250 e. The van der Waals surface area contributed by atoms with Gasteiger partial charge in [0.25, 0.3) is 0 Å². The molecule has 0 radical (unpaired) electrons. The molecule has 0 N–H and O–H groups in total. The summed E-state index contributed by atoms with van der Waals surface area (Å²) in [7, 11) is -1.91. The van der Waals surface area contributed by atoms with Gasteiger partial charge in [0.15, 0.2) is 0 Å². The van der Waals surface area contributed by atoms with Crippen LogP contribution in [0.5, 0.6) is 11.5 Å². The van der Waals surface area contributed by atoms with Crippen molar-refractivity contribution in [3.63, 3.8) is 0 Å². The minimum Gasteiger partial charge on any atom is -0.543 e. The van der Waals surface area contributed by atoms with Crippen LogP contribution in [0.15, 0.2) is 6.07 Å². The van der Waals surface area contributed by atoms with Crippen LogP contribution in [0.3, 0.4) is 0 Å². The molecule has 1 aliphatic rings. The van der Waals surface area contributed by atoms with Gasteiger partial charge >= 0.3 is 0 Å². The van der Waals surface area contributed by atoms with Crippen LogP contribution >= 0.6 is 11.8 Å². The van der Waals surface area contributed by atoms with E-state index in [4.69, 9.17) is 9.16 Å². The second-order valence-corrected chi connectivity index (χ2v) is 20.8. The Hall–Kier alpha value is -0.613. The molecule has 2 nitrogen and oxygen atoms in total. The first-order chi connectivity index (χ1) is 18.1. The van der Waals surface area contributed by atoms with E-state index in [0.29, 0.717) is 0 Å². The number of hydrogen-bond acceptors (Lipinski definition) is 3. The number of ether oxygens (including phenoxy) is 1. The summed E-state index contributed by atoms with van der Waals surface area (Å²) in [6.07, 6.45) is 16.5. The molecule has 0 saturated carbocycles. The molecule has 0 bridgehead atoms. The Bertz CT molecular complexity index is 888. The van der Waals surface area contributed by atoms with Crippen molar-refractivity contribution >= 4 is 20.1 Å². The van der Waals surface area contributed by atoms with E-state index in [2.05, 4.69) is 87.7 Å². The molecule has 4 heteroatoms. The van der Waals surface area contributed by atoms with Crippen LogP contribution in [-0.4, -0.2) is 20.2 Å². The molecular formula is C35H64O2SSi. The standard InChI is InChI=1S/C35H64O2SSi/c1-26(2)16-13-17-27(3)18-14-19-28(4)20-15-22-35(9)23-21-30-31(25-38-10)32(24-29(5)33(30)36-35)37-39(11,12)34(6,7)8/h24,26-28H,13-23,25H2,1-12H3. The lowest BCUT2D eigenvalue weighted by molar-refractivity contribution is 0.0513. The summed E-state index contributed by atoms with van der Waals surface area (Å²) in [5, 5.41) is 0.186. The van der Waals surface area contributed by atoms with Gasteiger partial charge in [-0.05, 0) is 93.3 Å². The fourth-order valence-electron chi connectivity index (χ4n) is 5.77. The maximum absolute atomic E-state index is 6.89. The van der Waals surface area contributed by atoms with E-state index in [1.54, 1.807) is 0 Å². The second kappa shape index (κ2) is 15.0. The van der Waals surface area contributed by atoms with Gasteiger partial charge in [0, 0.05) is 16.9 Å². The lowest BCUT2D eigenvalue weighted by Crippen LogP contribution is -2.44. The first-order valence-electron chi connectivity index (χ1n) is 16.1. The van der Waals surface area contributed by atoms with Gasteiger partial charge in [-0.3, -0.25) is 0 Å². The summed E-state index contributed by atoms with van der Waals surface area (Å²) in [5.41, 5.74) is 3.97. The number of aryl methyl sites for hydroxylation is 1. The van der Waals surface area contributed by atoms with Crippen molar-refractivity contribution in [1.29, 1.82) is 0 Å². The molecule has 3 unspecified atom stereocenters. The van der Waals surface area contributed by atoms with Crippen molar-refractivity contribution in [2.45, 2.75) is 162 Å². The predicted molar refractivity (Wildman–Crippen MR) is 178 cm³/mol. The molecule has 2 rings (SSSR count). The molecule has 0 aromatic heterocycles. The van der Waals surface area contributed by atoms with Crippen LogP contribution in [-0.2, 0) is 12.2 Å². The average Bonchev–Trinajstić information content (AvgIpc) is 2.80. The molecule has 39 heavy (non-hydrogen) atoms. The number of hydrogen-bond donors (Lipinski definition) is 0. The van der Waals surface area contributed by atoms with E-state index in [1.807, 2.05) is 11.8 Å². The first-order valence-corrected chi connectivity index (χ1v) is 20.4. The van der Waals surface area contributed by atoms with E-state index < -0.39 is 8.32 Å². The fraction of sp³-hybridized carbons (Fsp3) is 0.829. The van der Waals surface area contributed by atoms with Crippen molar-refractivity contribution in [1.82, 2.24) is 0 Å². The van der Waals surface area contributed by atoms with E-state index in [-0.39, 0.29) is 10.6 Å². The Morgan fingerprint density at radius 2 is 1.54 bits per heavy atom. The topological polar surface area (TPSA) is 18.5 Å². The van der Waals surface area contributed by atoms with Gasteiger partial charge in [0.05, 0.1) is 0 Å². The average molecular weight is 577 g/mol. The Labute approximate surface area is 249 Å². The number of fused-ring (bicyclic) bond motifs is 1. The predicted octanol–water partition coefficient (Wildman–Crippen LogP) is 11.8. The molecule has 1 aromatic rings. The molecule has 226 valence electrons. The zero-order valence-electron chi connectivity index (χ0n) is 28.0. The van der Waals surface area contributed by atoms with Gasteiger partial charge in [-0.2, -0.15) is 11.8 Å². The Kier molecular flexibility index (Phi) is 13.3. The van der Waals surface area contributed by atoms with Crippen LogP contribution in [0.2, 0.25) is 18.1 Å². The smallest absolute Gasteiger partial charge is 0.250 e. The van der Waals surface area contributed by atoms with Gasteiger partial charge in [-0.1, -0.05) is 93.4 Å². The highest BCUT2D eigenvalue weighted by molar-refractivity contribution is 7.97. The summed E-state index contributed by atoms with van der Waals surface area (Å²) >= 11 is 1.89. The highest BCUT2D eigenvalue weighted by atomic mass is 32.2. The highest BCUT2D eigenvalue weighted by Crippen LogP contribution is 2.46. The Morgan fingerprint density at radius 3 is 2.08 bits per heavy atom. The van der Waals surface area contributed by atoms with Crippen LogP contribution in [0.4, 0.5) is 0 Å². The normalized spacial score (nSPS) is 19.5. The number of benzene rings is 1. The minimum absolute atomic E-state index is 0.0547. The zero-order chi connectivity index (χ0) is 29.4. The second-order valence-electron chi connectivity index (χ2n) is 15.2. The minimum atomic E-state index is -1.91. The maximum atomic E-state index is 6.89. The summed E-state index contributed by atoms with van der Waals surface area (Å²) in [5.74, 6) is 5.80. The van der Waals surface area contributed by atoms with Crippen molar-refractivity contribution in [3.8, 4) is 11.5 Å². The van der Waals surface area contributed by atoms with Gasteiger partial charge in [0.1, 0.15) is 17.1 Å². The third kappa shape index (κ3) is 10.6. The summed E-state index contributed by atoms with van der Waals surface area (Å²) in [6, 6.07) is 2.28. The molecule has 3 atom stereocenters. The molecule has 1 aliphatic heterocycles. The Morgan fingerprint density at radius 1 is 0.974 bits per heavy atom. The van der Waals surface area contributed by atoms with Crippen molar-refractivity contribution in [2.24, 2.45) is 17.8 Å². The molecule has 0 fully saturated rings. The quantitative estimate of drug-likeness (QED) is 0.182. The van der Waals surface area contributed by atoms with Gasteiger partial charge in [-0.25, -0.2) is 0 Å². The molecule has 0 amide bonds. The number of thioether (sulfide) groups is 1. The van der Waals surface area contributed by atoms with E-state index in [0.717, 1.165) is 54.3 Å². The van der Waals surface area contributed by atoms with E-state index in [1.165, 1.54) is 68.1 Å². The van der Waals surface area contributed by atoms with Crippen LogP contribution in [0.25, 0.3) is 0 Å². The van der Waals surface area contributed by atoms with E-state index >= 15 is 0 Å². The van der Waals surface area contributed by atoms with E-state index in [9.17, 15) is 0 Å². The highest BCUT2D eigenvalue weighted by Gasteiger charge is 2.40. The molecule has 1 heterocycles. The number of rotatable bonds is 16. The largest absolute Gasteiger partial charge is 0.543 e. The van der Waals surface area contributed by atoms with Crippen LogP contribution in [0, 0.1) is 24.7 Å². The van der Waals surface area contributed by atoms with Gasteiger partial charge in [-0.15, -0.1) is 0 Å². The fourth-order valence-corrected chi connectivity index (χ4v) is 7.41. The molecule has 1 aromatic carbocycles. The van der Waals surface area contributed by atoms with Gasteiger partial charge in [0.2, 0.25) is 8.32 Å².